The third-order valence-corrected chi connectivity index (χ3v) is 5.78. The van der Waals surface area contributed by atoms with Gasteiger partial charge in [0.15, 0.2) is 0 Å². The maximum Gasteiger partial charge on any atom is 0.232 e. The van der Waals surface area contributed by atoms with Gasteiger partial charge in [0.25, 0.3) is 0 Å². The van der Waals surface area contributed by atoms with Crippen LogP contribution in [-0.2, 0) is 14.3 Å². The average molecular weight is 414 g/mol. The highest BCUT2D eigenvalue weighted by Gasteiger charge is 2.38. The van der Waals surface area contributed by atoms with E-state index in [0.29, 0.717) is 31.7 Å². The van der Waals surface area contributed by atoms with Crippen molar-refractivity contribution in [2.24, 2.45) is 17.1 Å². The molecule has 2 aliphatic rings. The van der Waals surface area contributed by atoms with Gasteiger partial charge in [-0.15, -0.1) is 12.4 Å². The van der Waals surface area contributed by atoms with Gasteiger partial charge < -0.3 is 21.1 Å². The topological polar surface area (TPSA) is 93.5 Å². The second-order valence-corrected chi connectivity index (χ2v) is 7.57. The van der Waals surface area contributed by atoms with E-state index >= 15 is 0 Å². The molecule has 1 aromatic rings. The summed E-state index contributed by atoms with van der Waals surface area (Å²) in [7, 11) is 0. The van der Waals surface area contributed by atoms with Gasteiger partial charge in [0, 0.05) is 31.4 Å². The van der Waals surface area contributed by atoms with Crippen molar-refractivity contribution in [2.45, 2.75) is 44.9 Å². The van der Waals surface area contributed by atoms with Crippen LogP contribution in [0, 0.1) is 17.2 Å². The number of hydrogen-bond donors (Lipinski definition) is 3. The van der Waals surface area contributed by atoms with Crippen LogP contribution in [0.4, 0.5) is 15.8 Å². The lowest BCUT2D eigenvalue weighted by atomic mass is 9.79. The molecule has 6 nitrogen and oxygen atoms in total. The van der Waals surface area contributed by atoms with E-state index in [-0.39, 0.29) is 42.4 Å². The Kier molecular flexibility index (Phi) is 8.22. The first kappa shape index (κ1) is 22.6. The molecule has 1 saturated carbocycles. The molecule has 1 heterocycles. The van der Waals surface area contributed by atoms with E-state index in [4.69, 9.17) is 10.5 Å². The fourth-order valence-electron chi connectivity index (χ4n) is 3.85. The van der Waals surface area contributed by atoms with Crippen molar-refractivity contribution >= 4 is 35.6 Å². The largest absolute Gasteiger partial charge is 0.381 e. The van der Waals surface area contributed by atoms with Crippen LogP contribution in [0.2, 0.25) is 0 Å². The first-order valence-electron chi connectivity index (χ1n) is 9.74. The molecule has 1 aliphatic carbocycles. The number of carbonyl (C=O) groups excluding carboxylic acids is 2. The Bertz CT molecular complexity index is 689. The van der Waals surface area contributed by atoms with Crippen LogP contribution in [0.25, 0.3) is 0 Å². The number of nitrogens with one attached hydrogen (secondary N) is 2. The lowest BCUT2D eigenvalue weighted by molar-refractivity contribution is -0.130. The molecule has 0 unspecified atom stereocenters. The quantitative estimate of drug-likeness (QED) is 0.689. The molecule has 2 fully saturated rings. The van der Waals surface area contributed by atoms with Crippen LogP contribution in [0.5, 0.6) is 0 Å². The molecule has 1 aromatic carbocycles. The van der Waals surface area contributed by atoms with Gasteiger partial charge in [-0.2, -0.15) is 0 Å². The van der Waals surface area contributed by atoms with Crippen LogP contribution in [0.15, 0.2) is 18.2 Å². The van der Waals surface area contributed by atoms with E-state index in [9.17, 15) is 14.0 Å². The summed E-state index contributed by atoms with van der Waals surface area (Å²) in [6, 6.07) is 4.22. The van der Waals surface area contributed by atoms with E-state index in [1.54, 1.807) is 0 Å². The number of nitrogens with two attached hydrogens (primary N) is 1. The summed E-state index contributed by atoms with van der Waals surface area (Å²) in [5.41, 5.74) is 5.73. The number of amides is 2. The molecule has 3 rings (SSSR count). The number of hydrogen-bond acceptors (Lipinski definition) is 4. The van der Waals surface area contributed by atoms with E-state index < -0.39 is 11.2 Å². The maximum absolute atomic E-state index is 14.2. The summed E-state index contributed by atoms with van der Waals surface area (Å²) in [5, 5.41) is 5.52. The van der Waals surface area contributed by atoms with E-state index in [2.05, 4.69) is 10.6 Å². The van der Waals surface area contributed by atoms with E-state index in [0.717, 1.165) is 32.1 Å². The van der Waals surface area contributed by atoms with Crippen molar-refractivity contribution in [1.82, 2.24) is 0 Å². The number of benzene rings is 1. The molecule has 28 heavy (non-hydrogen) atoms. The monoisotopic (exact) mass is 413 g/mol. The molecule has 0 spiro atoms. The standard InChI is InChI=1S/C20H28FN3O3.ClH/c21-16-7-6-15(23-19(26)20(13-22)8-10-27-11-9-20)12-17(16)24-18(25)14-4-2-1-3-5-14;/h6-7,12,14H,1-5,8-11,13,22H2,(H,23,26)(H,24,25);1H. The summed E-state index contributed by atoms with van der Waals surface area (Å²) in [5.74, 6) is -0.930. The van der Waals surface area contributed by atoms with Crippen LogP contribution >= 0.6 is 12.4 Å². The lowest BCUT2D eigenvalue weighted by Gasteiger charge is -2.34. The molecule has 156 valence electrons. The Morgan fingerprint density at radius 2 is 1.82 bits per heavy atom. The van der Waals surface area contributed by atoms with Crippen LogP contribution in [0.3, 0.4) is 0 Å². The van der Waals surface area contributed by atoms with Crippen molar-refractivity contribution in [1.29, 1.82) is 0 Å². The second kappa shape index (κ2) is 10.2. The number of rotatable bonds is 5. The van der Waals surface area contributed by atoms with Gasteiger partial charge in [0.1, 0.15) is 5.82 Å². The van der Waals surface area contributed by atoms with Gasteiger partial charge in [0.05, 0.1) is 11.1 Å². The molecule has 0 radical (unpaired) electrons. The predicted octanol–water partition coefficient (Wildman–Crippen LogP) is 3.46. The van der Waals surface area contributed by atoms with Crippen molar-refractivity contribution < 1.29 is 18.7 Å². The normalized spacial score (nSPS) is 19.4. The fraction of sp³-hybridized carbons (Fsp3) is 0.600. The molecule has 1 saturated heterocycles. The Balaban J connectivity index is 0.00000280. The number of ether oxygens (including phenoxy) is 1. The molecule has 8 heteroatoms. The van der Waals surface area contributed by atoms with Gasteiger partial charge >= 0.3 is 0 Å². The Hall–Kier alpha value is -1.70. The van der Waals surface area contributed by atoms with Crippen molar-refractivity contribution in [3.63, 3.8) is 0 Å². The minimum Gasteiger partial charge on any atom is -0.381 e. The Morgan fingerprint density at radius 3 is 2.46 bits per heavy atom. The SMILES string of the molecule is Cl.NCC1(C(=O)Nc2ccc(F)c(NC(=O)C3CCCCC3)c2)CCOCC1. The van der Waals surface area contributed by atoms with Gasteiger partial charge in [-0.1, -0.05) is 19.3 Å². The molecule has 4 N–H and O–H groups in total. The summed E-state index contributed by atoms with van der Waals surface area (Å²) < 4.78 is 19.5. The van der Waals surface area contributed by atoms with Crippen LogP contribution in [-0.4, -0.2) is 31.6 Å². The highest BCUT2D eigenvalue weighted by molar-refractivity contribution is 5.97. The van der Waals surface area contributed by atoms with Crippen LogP contribution < -0.4 is 16.4 Å². The minimum absolute atomic E-state index is 0. The first-order valence-corrected chi connectivity index (χ1v) is 9.74. The zero-order valence-corrected chi connectivity index (χ0v) is 16.8. The van der Waals surface area contributed by atoms with Crippen molar-refractivity contribution in [3.05, 3.63) is 24.0 Å². The molecular formula is C20H29ClFN3O3. The number of halogens is 2. The Labute approximate surface area is 171 Å². The zero-order valence-electron chi connectivity index (χ0n) is 16.0. The highest BCUT2D eigenvalue weighted by Crippen LogP contribution is 2.32. The van der Waals surface area contributed by atoms with Crippen molar-refractivity contribution in [2.75, 3.05) is 30.4 Å². The molecule has 0 atom stereocenters. The first-order chi connectivity index (χ1) is 13.0. The van der Waals surface area contributed by atoms with E-state index in [1.165, 1.54) is 18.2 Å². The lowest BCUT2D eigenvalue weighted by Crippen LogP contribution is -2.46. The number of carbonyl (C=O) groups is 2. The molecule has 2 amide bonds. The van der Waals surface area contributed by atoms with Gasteiger partial charge in [-0.05, 0) is 43.9 Å². The van der Waals surface area contributed by atoms with Gasteiger partial charge in [0.2, 0.25) is 11.8 Å². The second-order valence-electron chi connectivity index (χ2n) is 7.57. The highest BCUT2D eigenvalue weighted by atomic mass is 35.5. The van der Waals surface area contributed by atoms with Crippen LogP contribution in [0.1, 0.15) is 44.9 Å². The zero-order chi connectivity index (χ0) is 19.3. The smallest absolute Gasteiger partial charge is 0.232 e. The van der Waals surface area contributed by atoms with E-state index in [1.807, 2.05) is 0 Å². The summed E-state index contributed by atoms with van der Waals surface area (Å²) in [4.78, 5) is 25.2. The summed E-state index contributed by atoms with van der Waals surface area (Å²) >= 11 is 0. The summed E-state index contributed by atoms with van der Waals surface area (Å²) in [6.07, 6.45) is 6.00. The molecule has 1 aliphatic heterocycles. The maximum atomic E-state index is 14.2. The Morgan fingerprint density at radius 1 is 1.14 bits per heavy atom. The van der Waals surface area contributed by atoms with Gasteiger partial charge in [-0.25, -0.2) is 4.39 Å². The average Bonchev–Trinajstić information content (AvgIpc) is 2.71. The molecule has 0 aromatic heterocycles. The molecular weight excluding hydrogens is 385 g/mol. The van der Waals surface area contributed by atoms with Gasteiger partial charge in [-0.3, -0.25) is 9.59 Å². The third-order valence-electron chi connectivity index (χ3n) is 5.78. The summed E-state index contributed by atoms with van der Waals surface area (Å²) in [6.45, 7) is 1.22. The predicted molar refractivity (Wildman–Crippen MR) is 109 cm³/mol. The third kappa shape index (κ3) is 5.21. The minimum atomic E-state index is -0.669. The number of anilines is 2. The molecule has 0 bridgehead atoms. The van der Waals surface area contributed by atoms with Crippen molar-refractivity contribution in [3.8, 4) is 0 Å². The fourth-order valence-corrected chi connectivity index (χ4v) is 3.85.